The van der Waals surface area contributed by atoms with Crippen molar-refractivity contribution in [3.05, 3.63) is 71.4 Å². The molecule has 0 amide bonds. The van der Waals surface area contributed by atoms with Crippen molar-refractivity contribution in [3.63, 3.8) is 0 Å². The van der Waals surface area contributed by atoms with E-state index in [1.807, 2.05) is 41.8 Å². The smallest absolute Gasteiger partial charge is 0.159 e. The summed E-state index contributed by atoms with van der Waals surface area (Å²) in [5, 5.41) is 8.97. The molecule has 0 spiro atoms. The Morgan fingerprint density at radius 1 is 1.08 bits per heavy atom. The number of aryl methyl sites for hydroxylation is 1. The van der Waals surface area contributed by atoms with Crippen LogP contribution in [0.4, 0.5) is 14.6 Å². The van der Waals surface area contributed by atoms with Gasteiger partial charge in [-0.1, -0.05) is 18.2 Å². The molecule has 0 radical (unpaired) electrons. The van der Waals surface area contributed by atoms with Gasteiger partial charge >= 0.3 is 0 Å². The molecule has 0 bridgehead atoms. The topological polar surface area (TPSA) is 42.2 Å². The van der Waals surface area contributed by atoms with Crippen LogP contribution in [-0.4, -0.2) is 20.6 Å². The average Bonchev–Trinajstić information content (AvgIpc) is 3.29. The van der Waals surface area contributed by atoms with Gasteiger partial charge in [-0.25, -0.2) is 18.3 Å². The minimum atomic E-state index is -0.812. The Bertz CT molecular complexity index is 1150. The number of aromatic nitrogens is 3. The van der Waals surface area contributed by atoms with Crippen molar-refractivity contribution in [2.24, 2.45) is 0 Å². The molecule has 1 N–H and O–H groups in total. The van der Waals surface area contributed by atoms with Crippen LogP contribution in [0.25, 0.3) is 16.6 Å². The Hall–Kier alpha value is -3.02. The maximum atomic E-state index is 13.5. The average molecular weight is 350 g/mol. The first-order valence-electron chi connectivity index (χ1n) is 8.57. The van der Waals surface area contributed by atoms with Gasteiger partial charge in [0.05, 0.1) is 11.2 Å². The molecule has 1 fully saturated rings. The summed E-state index contributed by atoms with van der Waals surface area (Å²) in [5.41, 5.74) is 3.49. The highest BCUT2D eigenvalue weighted by atomic mass is 19.2. The van der Waals surface area contributed by atoms with Crippen LogP contribution < -0.4 is 5.32 Å². The Kier molecular flexibility index (Phi) is 3.22. The zero-order valence-corrected chi connectivity index (χ0v) is 14.1. The quantitative estimate of drug-likeness (QED) is 0.594. The molecule has 5 rings (SSSR count). The number of fused-ring (bicyclic) bond motifs is 3. The third-order valence-corrected chi connectivity index (χ3v) is 4.91. The lowest BCUT2D eigenvalue weighted by Crippen LogP contribution is -2.08. The van der Waals surface area contributed by atoms with Crippen LogP contribution in [0.3, 0.4) is 0 Å². The molecule has 1 saturated carbocycles. The second-order valence-corrected chi connectivity index (χ2v) is 6.80. The molecule has 2 atom stereocenters. The number of benzene rings is 2. The first-order valence-corrected chi connectivity index (χ1v) is 8.57. The van der Waals surface area contributed by atoms with Crippen molar-refractivity contribution in [2.75, 3.05) is 5.32 Å². The maximum Gasteiger partial charge on any atom is 0.159 e. The van der Waals surface area contributed by atoms with Crippen molar-refractivity contribution >= 4 is 22.4 Å². The highest BCUT2D eigenvalue weighted by Crippen LogP contribution is 2.43. The minimum absolute atomic E-state index is 0.155. The second-order valence-electron chi connectivity index (χ2n) is 6.80. The Morgan fingerprint density at radius 3 is 2.77 bits per heavy atom. The van der Waals surface area contributed by atoms with Crippen LogP contribution in [0.5, 0.6) is 0 Å². The predicted molar refractivity (Wildman–Crippen MR) is 96.4 cm³/mol. The lowest BCUT2D eigenvalue weighted by atomic mass is 10.1. The highest BCUT2D eigenvalue weighted by Gasteiger charge is 2.39. The third kappa shape index (κ3) is 2.41. The summed E-state index contributed by atoms with van der Waals surface area (Å²) in [7, 11) is 0. The molecule has 1 aliphatic carbocycles. The summed E-state index contributed by atoms with van der Waals surface area (Å²) in [4.78, 5) is 4.72. The molecule has 26 heavy (non-hydrogen) atoms. The first kappa shape index (κ1) is 15.3. The summed E-state index contributed by atoms with van der Waals surface area (Å²) in [6.45, 7) is 1.94. The fourth-order valence-corrected chi connectivity index (χ4v) is 3.53. The predicted octanol–water partition coefficient (Wildman–Crippen LogP) is 4.44. The Morgan fingerprint density at radius 2 is 1.92 bits per heavy atom. The molecule has 0 aliphatic heterocycles. The van der Waals surface area contributed by atoms with Gasteiger partial charge in [0.1, 0.15) is 5.82 Å². The standard InChI is InChI=1S/C20H16F2N4/c1-11-8-19-24-20(13-4-2-3-5-18(13)26(19)25-11)23-17-10-14(17)12-6-7-15(21)16(22)9-12/h2-9,14,17H,10H2,1H3,(H,23,24). The van der Waals surface area contributed by atoms with Crippen molar-refractivity contribution < 1.29 is 8.78 Å². The molecular weight excluding hydrogens is 334 g/mol. The van der Waals surface area contributed by atoms with E-state index in [0.717, 1.165) is 40.0 Å². The third-order valence-electron chi connectivity index (χ3n) is 4.91. The number of hydrogen-bond acceptors (Lipinski definition) is 3. The first-order chi connectivity index (χ1) is 12.6. The number of para-hydroxylation sites is 1. The number of nitrogens with zero attached hydrogens (tertiary/aromatic N) is 3. The van der Waals surface area contributed by atoms with Gasteiger partial charge in [-0.15, -0.1) is 0 Å². The van der Waals surface area contributed by atoms with E-state index < -0.39 is 11.6 Å². The molecule has 2 aromatic carbocycles. The van der Waals surface area contributed by atoms with Gasteiger partial charge in [0.15, 0.2) is 17.3 Å². The van der Waals surface area contributed by atoms with E-state index in [1.165, 1.54) is 12.1 Å². The fourth-order valence-electron chi connectivity index (χ4n) is 3.53. The van der Waals surface area contributed by atoms with Gasteiger partial charge < -0.3 is 5.32 Å². The van der Waals surface area contributed by atoms with Crippen LogP contribution in [0.15, 0.2) is 48.5 Å². The van der Waals surface area contributed by atoms with Crippen LogP contribution >= 0.6 is 0 Å². The molecule has 0 saturated heterocycles. The van der Waals surface area contributed by atoms with Crippen LogP contribution in [0, 0.1) is 18.6 Å². The lowest BCUT2D eigenvalue weighted by Gasteiger charge is -2.10. The van der Waals surface area contributed by atoms with E-state index in [0.29, 0.717) is 0 Å². The summed E-state index contributed by atoms with van der Waals surface area (Å²) in [6.07, 6.45) is 0.866. The molecule has 6 heteroatoms. The van der Waals surface area contributed by atoms with Gasteiger partial charge in [0.2, 0.25) is 0 Å². The van der Waals surface area contributed by atoms with Crippen LogP contribution in [-0.2, 0) is 0 Å². The minimum Gasteiger partial charge on any atom is -0.366 e. The Labute approximate surface area is 148 Å². The Balaban J connectivity index is 1.50. The van der Waals surface area contributed by atoms with Gasteiger partial charge in [0.25, 0.3) is 0 Å². The van der Waals surface area contributed by atoms with Gasteiger partial charge in [-0.05, 0) is 43.2 Å². The van der Waals surface area contributed by atoms with E-state index in [9.17, 15) is 8.78 Å². The van der Waals surface area contributed by atoms with Gasteiger partial charge in [0, 0.05) is 23.4 Å². The monoisotopic (exact) mass is 350 g/mol. The van der Waals surface area contributed by atoms with Crippen LogP contribution in [0.2, 0.25) is 0 Å². The number of halogens is 2. The van der Waals surface area contributed by atoms with Crippen molar-refractivity contribution in [1.82, 2.24) is 14.6 Å². The van der Waals surface area contributed by atoms with E-state index in [2.05, 4.69) is 10.4 Å². The largest absolute Gasteiger partial charge is 0.366 e. The number of hydrogen-bond donors (Lipinski definition) is 1. The molecule has 2 unspecified atom stereocenters. The van der Waals surface area contributed by atoms with E-state index in [1.54, 1.807) is 6.07 Å². The van der Waals surface area contributed by atoms with Crippen LogP contribution in [0.1, 0.15) is 23.6 Å². The molecule has 2 aromatic heterocycles. The summed E-state index contributed by atoms with van der Waals surface area (Å²) in [5.74, 6) is -0.655. The molecule has 4 aromatic rings. The summed E-state index contributed by atoms with van der Waals surface area (Å²) >= 11 is 0. The summed E-state index contributed by atoms with van der Waals surface area (Å²) < 4.78 is 28.5. The molecule has 1 aliphatic rings. The number of rotatable bonds is 3. The van der Waals surface area contributed by atoms with Gasteiger partial charge in [-0.2, -0.15) is 5.10 Å². The maximum absolute atomic E-state index is 13.5. The molecule has 130 valence electrons. The van der Waals surface area contributed by atoms with Crippen molar-refractivity contribution in [1.29, 1.82) is 0 Å². The van der Waals surface area contributed by atoms with E-state index in [4.69, 9.17) is 4.98 Å². The van der Waals surface area contributed by atoms with E-state index >= 15 is 0 Å². The SMILES string of the molecule is Cc1cc2nc(NC3CC3c3ccc(F)c(F)c3)c3ccccc3n2n1. The normalized spacial score (nSPS) is 19.2. The van der Waals surface area contributed by atoms with Crippen molar-refractivity contribution in [2.45, 2.75) is 25.3 Å². The highest BCUT2D eigenvalue weighted by molar-refractivity contribution is 5.91. The zero-order chi connectivity index (χ0) is 17.8. The second kappa shape index (κ2) is 5.49. The molecule has 4 nitrogen and oxygen atoms in total. The van der Waals surface area contributed by atoms with E-state index in [-0.39, 0.29) is 12.0 Å². The fraction of sp³-hybridized carbons (Fsp3) is 0.200. The zero-order valence-electron chi connectivity index (χ0n) is 14.1. The number of nitrogens with one attached hydrogen (secondary N) is 1. The number of anilines is 1. The van der Waals surface area contributed by atoms with Gasteiger partial charge in [-0.3, -0.25) is 0 Å². The summed E-state index contributed by atoms with van der Waals surface area (Å²) in [6, 6.07) is 14.2. The van der Waals surface area contributed by atoms with Crippen molar-refractivity contribution in [3.8, 4) is 0 Å². The molecule has 2 heterocycles. The lowest BCUT2D eigenvalue weighted by molar-refractivity contribution is 0.507. The molecular formula is C20H16F2N4.